The Labute approximate surface area is 106 Å². The molecule has 0 aliphatic carbocycles. The molecule has 0 aliphatic heterocycles. The molecule has 0 saturated carbocycles. The number of aliphatic carboxylic acids is 1. The van der Waals surface area contributed by atoms with Crippen LogP contribution in [-0.2, 0) is 4.79 Å². The van der Waals surface area contributed by atoms with Crippen molar-refractivity contribution in [3.05, 3.63) is 29.8 Å². The van der Waals surface area contributed by atoms with Crippen LogP contribution in [0.2, 0.25) is 0 Å². The summed E-state index contributed by atoms with van der Waals surface area (Å²) in [5.41, 5.74) is 6.34. The van der Waals surface area contributed by atoms with Crippen molar-refractivity contribution in [3.8, 4) is 0 Å². The van der Waals surface area contributed by atoms with E-state index in [0.29, 0.717) is 18.5 Å². The zero-order valence-electron chi connectivity index (χ0n) is 10.3. The number of nitrogens with two attached hydrogens (primary N) is 1. The van der Waals surface area contributed by atoms with Gasteiger partial charge in [-0.2, -0.15) is 0 Å². The van der Waals surface area contributed by atoms with Crippen molar-refractivity contribution in [2.75, 3.05) is 11.9 Å². The van der Waals surface area contributed by atoms with Gasteiger partial charge in [0.2, 0.25) is 5.91 Å². The summed E-state index contributed by atoms with van der Waals surface area (Å²) < 4.78 is 0. The summed E-state index contributed by atoms with van der Waals surface area (Å²) >= 11 is 0. The molecule has 0 radical (unpaired) electrons. The van der Waals surface area contributed by atoms with E-state index in [2.05, 4.69) is 5.32 Å². The molecular weight excluding hydrogens is 232 g/mol. The molecule has 5 nitrogen and oxygen atoms in total. The average molecular weight is 250 g/mol. The Bertz CT molecular complexity index is 415. The maximum atomic E-state index is 11.0. The van der Waals surface area contributed by atoms with E-state index in [1.807, 2.05) is 6.92 Å². The number of benzene rings is 1. The second-order valence-corrected chi connectivity index (χ2v) is 4.15. The third-order valence-corrected chi connectivity index (χ3v) is 2.71. The van der Waals surface area contributed by atoms with E-state index in [1.54, 1.807) is 24.3 Å². The molecule has 4 N–H and O–H groups in total. The zero-order valence-corrected chi connectivity index (χ0v) is 10.3. The Kier molecular flexibility index (Phi) is 5.17. The van der Waals surface area contributed by atoms with E-state index in [9.17, 15) is 9.59 Å². The predicted octanol–water partition coefficient (Wildman–Crippen LogP) is 1.70. The summed E-state index contributed by atoms with van der Waals surface area (Å²) in [5.74, 6) is -1.67. The Morgan fingerprint density at radius 2 is 1.94 bits per heavy atom. The molecule has 1 rings (SSSR count). The minimum absolute atomic E-state index is 0.374. The smallest absolute Gasteiger partial charge is 0.308 e. The SMILES string of the molecule is CCCC(CNc1ccc(C(N)=O)cc1)C(=O)O. The number of hydrogen-bond donors (Lipinski definition) is 3. The number of carbonyl (C=O) groups is 2. The fraction of sp³-hybridized carbons (Fsp3) is 0.385. The van der Waals surface area contributed by atoms with Crippen molar-refractivity contribution < 1.29 is 14.7 Å². The van der Waals surface area contributed by atoms with Gasteiger partial charge in [0, 0.05) is 17.8 Å². The van der Waals surface area contributed by atoms with Gasteiger partial charge in [-0.05, 0) is 30.7 Å². The number of hydrogen-bond acceptors (Lipinski definition) is 3. The monoisotopic (exact) mass is 250 g/mol. The van der Waals surface area contributed by atoms with Gasteiger partial charge >= 0.3 is 5.97 Å². The number of carboxylic acids is 1. The van der Waals surface area contributed by atoms with E-state index < -0.39 is 17.8 Å². The van der Waals surface area contributed by atoms with Crippen molar-refractivity contribution in [2.45, 2.75) is 19.8 Å². The van der Waals surface area contributed by atoms with Gasteiger partial charge in [0.05, 0.1) is 5.92 Å². The molecular formula is C13H18N2O3. The number of carbonyl (C=O) groups excluding carboxylic acids is 1. The molecule has 0 fully saturated rings. The van der Waals surface area contributed by atoms with Gasteiger partial charge in [0.1, 0.15) is 0 Å². The maximum Gasteiger partial charge on any atom is 0.308 e. The summed E-state index contributed by atoms with van der Waals surface area (Å²) in [5, 5.41) is 12.0. The summed E-state index contributed by atoms with van der Waals surface area (Å²) in [6.07, 6.45) is 1.47. The molecule has 5 heteroatoms. The Balaban J connectivity index is 2.56. The van der Waals surface area contributed by atoms with Gasteiger partial charge in [0.25, 0.3) is 0 Å². The molecule has 0 bridgehead atoms. The Morgan fingerprint density at radius 3 is 2.39 bits per heavy atom. The predicted molar refractivity (Wildman–Crippen MR) is 69.5 cm³/mol. The second-order valence-electron chi connectivity index (χ2n) is 4.15. The first-order valence-corrected chi connectivity index (χ1v) is 5.91. The quantitative estimate of drug-likeness (QED) is 0.686. The molecule has 1 amide bonds. The summed E-state index contributed by atoms with van der Waals surface area (Å²) in [6, 6.07) is 6.65. The first kappa shape index (κ1) is 14.0. The first-order valence-electron chi connectivity index (χ1n) is 5.91. The van der Waals surface area contributed by atoms with Crippen LogP contribution in [0, 0.1) is 5.92 Å². The highest BCUT2D eigenvalue weighted by molar-refractivity contribution is 5.93. The van der Waals surface area contributed by atoms with E-state index in [4.69, 9.17) is 10.8 Å². The highest BCUT2D eigenvalue weighted by Gasteiger charge is 2.15. The fourth-order valence-electron chi connectivity index (χ4n) is 1.65. The van der Waals surface area contributed by atoms with Gasteiger partial charge in [-0.3, -0.25) is 9.59 Å². The van der Waals surface area contributed by atoms with Crippen LogP contribution >= 0.6 is 0 Å². The maximum absolute atomic E-state index is 11.0. The molecule has 0 saturated heterocycles. The standard InChI is InChI=1S/C13H18N2O3/c1-2-3-10(13(17)18)8-15-11-6-4-9(5-7-11)12(14)16/h4-7,10,15H,2-3,8H2,1H3,(H2,14,16)(H,17,18). The number of primary amides is 1. The number of nitrogens with one attached hydrogen (secondary N) is 1. The van der Waals surface area contributed by atoms with E-state index >= 15 is 0 Å². The van der Waals surface area contributed by atoms with Crippen LogP contribution in [0.5, 0.6) is 0 Å². The first-order chi connectivity index (χ1) is 8.54. The fourth-order valence-corrected chi connectivity index (χ4v) is 1.65. The lowest BCUT2D eigenvalue weighted by molar-refractivity contribution is -0.141. The second kappa shape index (κ2) is 6.64. The molecule has 0 aliphatic rings. The van der Waals surface area contributed by atoms with Crippen LogP contribution in [0.3, 0.4) is 0 Å². The zero-order chi connectivity index (χ0) is 13.5. The molecule has 1 atom stereocenters. The van der Waals surface area contributed by atoms with E-state index in [1.165, 1.54) is 0 Å². The Hall–Kier alpha value is -2.04. The molecule has 0 heterocycles. The average Bonchev–Trinajstić information content (AvgIpc) is 2.34. The van der Waals surface area contributed by atoms with Crippen molar-refractivity contribution in [1.29, 1.82) is 0 Å². The number of rotatable bonds is 7. The van der Waals surface area contributed by atoms with Crippen LogP contribution in [0.25, 0.3) is 0 Å². The third-order valence-electron chi connectivity index (χ3n) is 2.71. The van der Waals surface area contributed by atoms with E-state index in [-0.39, 0.29) is 0 Å². The van der Waals surface area contributed by atoms with Crippen molar-refractivity contribution in [2.24, 2.45) is 11.7 Å². The molecule has 1 unspecified atom stereocenters. The molecule has 1 aromatic rings. The lowest BCUT2D eigenvalue weighted by Gasteiger charge is -2.13. The van der Waals surface area contributed by atoms with Crippen LogP contribution in [0.4, 0.5) is 5.69 Å². The molecule has 98 valence electrons. The number of anilines is 1. The molecule has 1 aromatic carbocycles. The number of carboxylic acid groups (broad SMARTS) is 1. The van der Waals surface area contributed by atoms with Gasteiger partial charge in [0.15, 0.2) is 0 Å². The topological polar surface area (TPSA) is 92.4 Å². The van der Waals surface area contributed by atoms with Gasteiger partial charge in [-0.1, -0.05) is 13.3 Å². The molecule has 18 heavy (non-hydrogen) atoms. The lowest BCUT2D eigenvalue weighted by Crippen LogP contribution is -2.22. The third kappa shape index (κ3) is 4.08. The van der Waals surface area contributed by atoms with Crippen molar-refractivity contribution in [1.82, 2.24) is 0 Å². The van der Waals surface area contributed by atoms with Gasteiger partial charge < -0.3 is 16.2 Å². The summed E-state index contributed by atoms with van der Waals surface area (Å²) in [4.78, 5) is 21.8. The summed E-state index contributed by atoms with van der Waals surface area (Å²) in [7, 11) is 0. The van der Waals surface area contributed by atoms with Crippen molar-refractivity contribution >= 4 is 17.6 Å². The normalized spacial score (nSPS) is 11.8. The van der Waals surface area contributed by atoms with Crippen LogP contribution < -0.4 is 11.1 Å². The van der Waals surface area contributed by atoms with Gasteiger partial charge in [-0.25, -0.2) is 0 Å². The minimum atomic E-state index is -0.793. The van der Waals surface area contributed by atoms with E-state index in [0.717, 1.165) is 12.1 Å². The highest BCUT2D eigenvalue weighted by Crippen LogP contribution is 2.12. The lowest BCUT2D eigenvalue weighted by atomic mass is 10.0. The van der Waals surface area contributed by atoms with Gasteiger partial charge in [-0.15, -0.1) is 0 Å². The van der Waals surface area contributed by atoms with Crippen molar-refractivity contribution in [3.63, 3.8) is 0 Å². The number of amides is 1. The largest absolute Gasteiger partial charge is 0.481 e. The minimum Gasteiger partial charge on any atom is -0.481 e. The highest BCUT2D eigenvalue weighted by atomic mass is 16.4. The van der Waals surface area contributed by atoms with Crippen LogP contribution in [0.1, 0.15) is 30.1 Å². The molecule has 0 spiro atoms. The van der Waals surface area contributed by atoms with Crippen LogP contribution in [-0.4, -0.2) is 23.5 Å². The molecule has 0 aromatic heterocycles. The Morgan fingerprint density at radius 1 is 1.33 bits per heavy atom. The van der Waals surface area contributed by atoms with Crippen LogP contribution in [0.15, 0.2) is 24.3 Å². The summed E-state index contributed by atoms with van der Waals surface area (Å²) in [6.45, 7) is 2.33.